The van der Waals surface area contributed by atoms with Crippen LogP contribution in [0.2, 0.25) is 10.0 Å². The molecule has 0 saturated heterocycles. The van der Waals surface area contributed by atoms with E-state index in [0.29, 0.717) is 38.2 Å². The number of halogens is 3. The quantitative estimate of drug-likeness (QED) is 0.264. The molecule has 0 unspecified atom stereocenters. The number of ether oxygens (including phenoxy) is 2. The molecule has 9 heteroatoms. The van der Waals surface area contributed by atoms with Gasteiger partial charge in [-0.15, -0.1) is 0 Å². The van der Waals surface area contributed by atoms with Crippen molar-refractivity contribution in [2.24, 2.45) is 5.10 Å². The van der Waals surface area contributed by atoms with Gasteiger partial charge in [0.25, 0.3) is 5.91 Å². The van der Waals surface area contributed by atoms with Crippen LogP contribution in [0.25, 0.3) is 0 Å². The number of carbonyl (C=O) groups excluding carboxylic acids is 1. The van der Waals surface area contributed by atoms with Crippen molar-refractivity contribution in [2.75, 3.05) is 6.61 Å². The van der Waals surface area contributed by atoms with Gasteiger partial charge in [-0.1, -0.05) is 41.4 Å². The fourth-order valence-electron chi connectivity index (χ4n) is 2.75. The van der Waals surface area contributed by atoms with Gasteiger partial charge in [0, 0.05) is 15.6 Å². The van der Waals surface area contributed by atoms with Crippen molar-refractivity contribution in [2.45, 2.75) is 13.5 Å². The van der Waals surface area contributed by atoms with Crippen molar-refractivity contribution in [3.8, 4) is 17.2 Å². The zero-order chi connectivity index (χ0) is 23.1. The largest absolute Gasteiger partial charge is 0.507 e. The van der Waals surface area contributed by atoms with Crippen molar-refractivity contribution in [1.82, 2.24) is 5.43 Å². The van der Waals surface area contributed by atoms with E-state index in [1.54, 1.807) is 42.5 Å². The summed E-state index contributed by atoms with van der Waals surface area (Å²) in [6.07, 6.45) is 1.46. The van der Waals surface area contributed by atoms with Gasteiger partial charge >= 0.3 is 0 Å². The standard InChI is InChI=1S/C23H19BrCl2N2O4/c1-2-31-21-10-14(12-27-28-23(30)17-5-3-4-6-20(17)29)9-18(24)22(21)32-13-15-7-8-16(25)11-19(15)26/h3-12,29H,2,13H2,1H3,(H,28,30)/b27-12+. The Bertz CT molecular complexity index is 1150. The average molecular weight is 538 g/mol. The number of benzene rings is 3. The monoisotopic (exact) mass is 536 g/mol. The SMILES string of the molecule is CCOc1cc(/C=N/NC(=O)c2ccccc2O)cc(Br)c1OCc1ccc(Cl)cc1Cl. The summed E-state index contributed by atoms with van der Waals surface area (Å²) in [4.78, 5) is 12.2. The number of hydrogen-bond donors (Lipinski definition) is 2. The molecule has 0 bridgehead atoms. The number of para-hydroxylation sites is 1. The lowest BCUT2D eigenvalue weighted by molar-refractivity contribution is 0.0952. The van der Waals surface area contributed by atoms with Gasteiger partial charge in [-0.2, -0.15) is 5.10 Å². The van der Waals surface area contributed by atoms with Crippen LogP contribution >= 0.6 is 39.1 Å². The molecule has 6 nitrogen and oxygen atoms in total. The second-order valence-electron chi connectivity index (χ2n) is 6.50. The zero-order valence-electron chi connectivity index (χ0n) is 16.9. The zero-order valence-corrected chi connectivity index (χ0v) is 20.0. The smallest absolute Gasteiger partial charge is 0.275 e. The van der Waals surface area contributed by atoms with Gasteiger partial charge < -0.3 is 14.6 Å². The number of hydrogen-bond acceptors (Lipinski definition) is 5. The predicted molar refractivity (Wildman–Crippen MR) is 129 cm³/mol. The van der Waals surface area contributed by atoms with E-state index in [-0.39, 0.29) is 17.9 Å². The highest BCUT2D eigenvalue weighted by Crippen LogP contribution is 2.37. The van der Waals surface area contributed by atoms with Crippen molar-refractivity contribution >= 4 is 51.3 Å². The first kappa shape index (κ1) is 23.9. The molecule has 0 spiro atoms. The Hall–Kier alpha value is -2.74. The molecular formula is C23H19BrCl2N2O4. The summed E-state index contributed by atoms with van der Waals surface area (Å²) in [5.41, 5.74) is 3.96. The molecule has 0 aliphatic carbocycles. The summed E-state index contributed by atoms with van der Waals surface area (Å²) in [6.45, 7) is 2.51. The van der Waals surface area contributed by atoms with Crippen LogP contribution in [-0.4, -0.2) is 23.8 Å². The van der Waals surface area contributed by atoms with E-state index in [1.807, 2.05) is 6.92 Å². The minimum atomic E-state index is -0.525. The number of amides is 1. The molecule has 0 heterocycles. The summed E-state index contributed by atoms with van der Waals surface area (Å²) >= 11 is 15.7. The number of carbonyl (C=O) groups is 1. The normalized spacial score (nSPS) is 10.9. The molecule has 0 aromatic heterocycles. The Morgan fingerprint density at radius 3 is 2.66 bits per heavy atom. The summed E-state index contributed by atoms with van der Waals surface area (Å²) < 4.78 is 12.3. The highest BCUT2D eigenvalue weighted by Gasteiger charge is 2.14. The molecule has 0 atom stereocenters. The van der Waals surface area contributed by atoms with Gasteiger partial charge in [-0.25, -0.2) is 5.43 Å². The van der Waals surface area contributed by atoms with Gasteiger partial charge in [0.1, 0.15) is 12.4 Å². The Kier molecular flexibility index (Phi) is 8.39. The molecule has 0 fully saturated rings. The number of nitrogens with one attached hydrogen (secondary N) is 1. The predicted octanol–water partition coefficient (Wildman–Crippen LogP) is 6.20. The molecule has 0 aliphatic rings. The second kappa shape index (κ2) is 11.2. The van der Waals surface area contributed by atoms with E-state index in [4.69, 9.17) is 32.7 Å². The van der Waals surface area contributed by atoms with Crippen LogP contribution in [0.3, 0.4) is 0 Å². The van der Waals surface area contributed by atoms with Crippen LogP contribution in [0.4, 0.5) is 0 Å². The number of nitrogens with zero attached hydrogens (tertiary/aromatic N) is 1. The van der Waals surface area contributed by atoms with E-state index in [2.05, 4.69) is 26.5 Å². The van der Waals surface area contributed by atoms with E-state index in [9.17, 15) is 9.90 Å². The number of aromatic hydroxyl groups is 1. The Balaban J connectivity index is 1.75. The highest BCUT2D eigenvalue weighted by molar-refractivity contribution is 9.10. The third-order valence-electron chi connectivity index (χ3n) is 4.25. The molecular weight excluding hydrogens is 519 g/mol. The van der Waals surface area contributed by atoms with Crippen LogP contribution in [0.15, 0.2) is 64.2 Å². The number of phenolic OH excluding ortho intramolecular Hbond substituents is 1. The first-order valence-corrected chi connectivity index (χ1v) is 11.1. The van der Waals surface area contributed by atoms with Gasteiger partial charge in [0.2, 0.25) is 0 Å². The van der Waals surface area contributed by atoms with Crippen LogP contribution < -0.4 is 14.9 Å². The lowest BCUT2D eigenvalue weighted by Crippen LogP contribution is -2.17. The Morgan fingerprint density at radius 2 is 1.94 bits per heavy atom. The molecule has 0 saturated carbocycles. The summed E-state index contributed by atoms with van der Waals surface area (Å²) in [6, 6.07) is 14.9. The maximum atomic E-state index is 12.2. The fraction of sp³-hybridized carbons (Fsp3) is 0.130. The summed E-state index contributed by atoms with van der Waals surface area (Å²) in [5.74, 6) is 0.362. The molecule has 0 aliphatic heterocycles. The lowest BCUT2D eigenvalue weighted by atomic mass is 10.2. The van der Waals surface area contributed by atoms with Gasteiger partial charge in [-0.05, 0) is 64.8 Å². The molecule has 166 valence electrons. The van der Waals surface area contributed by atoms with Crippen molar-refractivity contribution in [3.05, 3.63) is 85.8 Å². The van der Waals surface area contributed by atoms with Crippen molar-refractivity contribution in [1.29, 1.82) is 0 Å². The third-order valence-corrected chi connectivity index (χ3v) is 5.42. The average Bonchev–Trinajstić information content (AvgIpc) is 2.75. The van der Waals surface area contributed by atoms with Crippen LogP contribution in [0.1, 0.15) is 28.4 Å². The Labute approximate surface area is 203 Å². The summed E-state index contributed by atoms with van der Waals surface area (Å²) in [5, 5.41) is 14.8. The van der Waals surface area contributed by atoms with E-state index in [1.165, 1.54) is 18.3 Å². The molecule has 3 aromatic rings. The van der Waals surface area contributed by atoms with Gasteiger partial charge in [0.05, 0.1) is 22.9 Å². The molecule has 2 N–H and O–H groups in total. The maximum Gasteiger partial charge on any atom is 0.275 e. The first-order valence-electron chi connectivity index (χ1n) is 9.53. The van der Waals surface area contributed by atoms with Gasteiger partial charge in [-0.3, -0.25) is 4.79 Å². The third kappa shape index (κ3) is 6.16. The van der Waals surface area contributed by atoms with Crippen LogP contribution in [-0.2, 0) is 6.61 Å². The van der Waals surface area contributed by atoms with Crippen molar-refractivity contribution < 1.29 is 19.4 Å². The summed E-state index contributed by atoms with van der Waals surface area (Å²) in [7, 11) is 0. The van der Waals surface area contributed by atoms with E-state index in [0.717, 1.165) is 5.56 Å². The minimum absolute atomic E-state index is 0.121. The van der Waals surface area contributed by atoms with E-state index < -0.39 is 5.91 Å². The molecule has 3 aromatic carbocycles. The maximum absolute atomic E-state index is 12.2. The van der Waals surface area contributed by atoms with E-state index >= 15 is 0 Å². The van der Waals surface area contributed by atoms with Gasteiger partial charge in [0.15, 0.2) is 11.5 Å². The highest BCUT2D eigenvalue weighted by atomic mass is 79.9. The molecule has 32 heavy (non-hydrogen) atoms. The molecule has 0 radical (unpaired) electrons. The lowest BCUT2D eigenvalue weighted by Gasteiger charge is -2.15. The van der Waals surface area contributed by atoms with Crippen LogP contribution in [0, 0.1) is 0 Å². The number of rotatable bonds is 8. The van der Waals surface area contributed by atoms with Crippen molar-refractivity contribution in [3.63, 3.8) is 0 Å². The molecule has 1 amide bonds. The fourth-order valence-corrected chi connectivity index (χ4v) is 3.78. The molecule has 3 rings (SSSR count). The second-order valence-corrected chi connectivity index (χ2v) is 8.20. The minimum Gasteiger partial charge on any atom is -0.507 e. The first-order chi connectivity index (χ1) is 15.4. The Morgan fingerprint density at radius 1 is 1.16 bits per heavy atom. The van der Waals surface area contributed by atoms with Crippen LogP contribution in [0.5, 0.6) is 17.2 Å². The topological polar surface area (TPSA) is 80.2 Å². The number of phenols is 1. The number of hydrazone groups is 1.